The van der Waals surface area contributed by atoms with Crippen LogP contribution < -0.4 is 4.74 Å². The van der Waals surface area contributed by atoms with Crippen LogP contribution in [0.5, 0.6) is 11.5 Å². The second-order valence-corrected chi connectivity index (χ2v) is 4.72. The third kappa shape index (κ3) is 4.70. The summed E-state index contributed by atoms with van der Waals surface area (Å²) in [6, 6.07) is 11.1. The first kappa shape index (κ1) is 15.2. The minimum Gasteiger partial charge on any atom is -0.508 e. The highest BCUT2D eigenvalue weighted by atomic mass is 35.5. The quantitative estimate of drug-likeness (QED) is 0.681. The zero-order chi connectivity index (χ0) is 15.1. The van der Waals surface area contributed by atoms with Gasteiger partial charge < -0.3 is 9.84 Å². The van der Waals surface area contributed by atoms with Gasteiger partial charge in [0.2, 0.25) is 0 Å². The van der Waals surface area contributed by atoms with E-state index in [2.05, 4.69) is 11.8 Å². The highest BCUT2D eigenvalue weighted by Gasteiger charge is 2.05. The van der Waals surface area contributed by atoms with Gasteiger partial charge in [0.25, 0.3) is 0 Å². The molecule has 0 radical (unpaired) electrons. The lowest BCUT2D eigenvalue weighted by Gasteiger charge is -2.08. The number of ether oxygens (including phenoxy) is 1. The Bertz CT molecular complexity index is 674. The Hall–Kier alpha value is -2.18. The van der Waals surface area contributed by atoms with Crippen LogP contribution in [-0.2, 0) is 6.61 Å². The zero-order valence-corrected chi connectivity index (χ0v) is 12.0. The van der Waals surface area contributed by atoms with Crippen molar-refractivity contribution in [2.24, 2.45) is 0 Å². The van der Waals surface area contributed by atoms with E-state index in [0.717, 1.165) is 5.56 Å². The molecule has 2 aromatic carbocycles. The van der Waals surface area contributed by atoms with Gasteiger partial charge >= 0.3 is 0 Å². The van der Waals surface area contributed by atoms with E-state index in [1.165, 1.54) is 6.07 Å². The second-order valence-electron chi connectivity index (χ2n) is 4.34. The lowest BCUT2D eigenvalue weighted by atomic mass is 10.2. The van der Waals surface area contributed by atoms with E-state index in [4.69, 9.17) is 16.3 Å². The maximum absolute atomic E-state index is 13.7. The van der Waals surface area contributed by atoms with Crippen LogP contribution in [-0.4, -0.2) is 11.0 Å². The summed E-state index contributed by atoms with van der Waals surface area (Å²) in [6.45, 7) is 0.171. The molecule has 0 spiro atoms. The molecule has 0 fully saturated rings. The third-order valence-electron chi connectivity index (χ3n) is 2.69. The molecule has 0 amide bonds. The first-order valence-electron chi connectivity index (χ1n) is 6.44. The average Bonchev–Trinajstić information content (AvgIpc) is 2.48. The molecule has 0 heterocycles. The molecular weight excluding hydrogens is 291 g/mol. The number of alkyl halides is 1. The molecule has 0 saturated carbocycles. The molecule has 0 aromatic heterocycles. The number of benzene rings is 2. The normalized spacial score (nSPS) is 9.81. The van der Waals surface area contributed by atoms with Crippen LogP contribution in [0.1, 0.15) is 17.5 Å². The lowest BCUT2D eigenvalue weighted by Crippen LogP contribution is -1.97. The van der Waals surface area contributed by atoms with Crippen molar-refractivity contribution in [2.45, 2.75) is 13.0 Å². The maximum atomic E-state index is 13.7. The largest absolute Gasteiger partial charge is 0.508 e. The highest BCUT2D eigenvalue weighted by molar-refractivity contribution is 6.18. The van der Waals surface area contributed by atoms with Crippen LogP contribution in [0.3, 0.4) is 0 Å². The van der Waals surface area contributed by atoms with Crippen molar-refractivity contribution < 1.29 is 14.2 Å². The van der Waals surface area contributed by atoms with E-state index in [1.54, 1.807) is 36.4 Å². The fourth-order valence-electron chi connectivity index (χ4n) is 1.71. The van der Waals surface area contributed by atoms with Gasteiger partial charge in [-0.2, -0.15) is 0 Å². The monoisotopic (exact) mass is 304 g/mol. The highest BCUT2D eigenvalue weighted by Crippen LogP contribution is 2.20. The number of phenolic OH excluding ortho intramolecular Hbond substituents is 1. The molecule has 0 aliphatic carbocycles. The van der Waals surface area contributed by atoms with Crippen LogP contribution in [0.2, 0.25) is 0 Å². The van der Waals surface area contributed by atoms with Crippen molar-refractivity contribution >= 4 is 11.6 Å². The number of aromatic hydroxyl groups is 1. The van der Waals surface area contributed by atoms with Gasteiger partial charge in [-0.3, -0.25) is 0 Å². The summed E-state index contributed by atoms with van der Waals surface area (Å²) in [5.41, 5.74) is 1.43. The summed E-state index contributed by atoms with van der Waals surface area (Å²) in [7, 11) is 0. The Kier molecular flexibility index (Phi) is 5.48. The van der Waals surface area contributed by atoms with E-state index in [9.17, 15) is 9.50 Å². The first-order chi connectivity index (χ1) is 10.2. The van der Waals surface area contributed by atoms with Gasteiger partial charge in [0.1, 0.15) is 12.4 Å². The van der Waals surface area contributed by atoms with Crippen LogP contribution in [0.15, 0.2) is 42.5 Å². The average molecular weight is 305 g/mol. The number of hydrogen-bond acceptors (Lipinski definition) is 2. The van der Waals surface area contributed by atoms with Gasteiger partial charge in [0, 0.05) is 17.9 Å². The minimum atomic E-state index is -0.446. The molecule has 0 unspecified atom stereocenters. The Morgan fingerprint density at radius 1 is 1.19 bits per heavy atom. The maximum Gasteiger partial charge on any atom is 0.165 e. The van der Waals surface area contributed by atoms with E-state index in [1.807, 2.05) is 0 Å². The van der Waals surface area contributed by atoms with E-state index in [0.29, 0.717) is 17.9 Å². The van der Waals surface area contributed by atoms with Gasteiger partial charge in [0.05, 0.1) is 0 Å². The Morgan fingerprint density at radius 3 is 2.81 bits per heavy atom. The third-order valence-corrected chi connectivity index (χ3v) is 2.88. The molecule has 1 N–H and O–H groups in total. The molecule has 21 heavy (non-hydrogen) atoms. The van der Waals surface area contributed by atoms with Gasteiger partial charge in [-0.1, -0.05) is 24.0 Å². The van der Waals surface area contributed by atoms with Crippen molar-refractivity contribution in [1.29, 1.82) is 0 Å². The predicted molar refractivity (Wildman–Crippen MR) is 81.1 cm³/mol. The number of halogens is 2. The molecular formula is C17H14ClFO2. The van der Waals surface area contributed by atoms with Crippen LogP contribution >= 0.6 is 11.6 Å². The van der Waals surface area contributed by atoms with E-state index < -0.39 is 5.82 Å². The number of phenols is 1. The summed E-state index contributed by atoms with van der Waals surface area (Å²) in [4.78, 5) is 0. The molecule has 0 atom stereocenters. The molecule has 2 nitrogen and oxygen atoms in total. The van der Waals surface area contributed by atoms with Crippen molar-refractivity contribution in [3.8, 4) is 23.3 Å². The topological polar surface area (TPSA) is 29.5 Å². The summed E-state index contributed by atoms with van der Waals surface area (Å²) in [6.07, 6.45) is 0.582. The summed E-state index contributed by atoms with van der Waals surface area (Å²) in [5.74, 6) is 6.09. The molecule has 0 aliphatic heterocycles. The summed E-state index contributed by atoms with van der Waals surface area (Å²) >= 11 is 5.55. The van der Waals surface area contributed by atoms with Crippen molar-refractivity contribution in [3.05, 3.63) is 59.4 Å². The minimum absolute atomic E-state index is 0.135. The molecule has 0 bridgehead atoms. The van der Waals surface area contributed by atoms with Gasteiger partial charge in [-0.25, -0.2) is 4.39 Å². The number of rotatable bonds is 4. The van der Waals surface area contributed by atoms with E-state index >= 15 is 0 Å². The molecule has 0 aliphatic rings. The fourth-order valence-corrected chi connectivity index (χ4v) is 1.81. The molecule has 2 rings (SSSR count). The van der Waals surface area contributed by atoms with Crippen molar-refractivity contribution in [1.82, 2.24) is 0 Å². The van der Waals surface area contributed by atoms with E-state index in [-0.39, 0.29) is 18.1 Å². The Labute approximate surface area is 128 Å². The smallest absolute Gasteiger partial charge is 0.165 e. The standard InChI is InChI=1S/C17H14ClFO2/c18-9-2-1-4-13-7-8-16(19)17(11-13)21-12-14-5-3-6-15(20)10-14/h3,5-8,10-11,20H,2,9,12H2. The fraction of sp³-hybridized carbons (Fsp3) is 0.176. The second kappa shape index (κ2) is 7.56. The van der Waals surface area contributed by atoms with Gasteiger partial charge in [0.15, 0.2) is 11.6 Å². The Morgan fingerprint density at radius 2 is 2.05 bits per heavy atom. The predicted octanol–water partition coefficient (Wildman–Crippen LogP) is 4.09. The van der Waals surface area contributed by atoms with Crippen LogP contribution in [0.25, 0.3) is 0 Å². The van der Waals surface area contributed by atoms with Gasteiger partial charge in [-0.15, -0.1) is 11.6 Å². The summed E-state index contributed by atoms with van der Waals surface area (Å²) in [5, 5.41) is 9.37. The Balaban J connectivity index is 2.09. The molecule has 2 aromatic rings. The lowest BCUT2D eigenvalue weighted by molar-refractivity contribution is 0.289. The summed E-state index contributed by atoms with van der Waals surface area (Å²) < 4.78 is 19.1. The molecule has 108 valence electrons. The first-order valence-corrected chi connectivity index (χ1v) is 6.97. The van der Waals surface area contributed by atoms with Gasteiger partial charge in [-0.05, 0) is 35.9 Å². The van der Waals surface area contributed by atoms with Crippen molar-refractivity contribution in [2.75, 3.05) is 5.88 Å². The molecule has 4 heteroatoms. The number of hydrogen-bond donors (Lipinski definition) is 1. The van der Waals surface area contributed by atoms with Crippen molar-refractivity contribution in [3.63, 3.8) is 0 Å². The zero-order valence-electron chi connectivity index (χ0n) is 11.3. The van der Waals surface area contributed by atoms with Crippen LogP contribution in [0, 0.1) is 17.7 Å². The SMILES string of the molecule is Oc1cccc(COc2cc(C#CCCCl)ccc2F)c1. The molecule has 0 saturated heterocycles. The van der Waals surface area contributed by atoms with Crippen LogP contribution in [0.4, 0.5) is 4.39 Å².